The average molecular weight is 567 g/mol. The molecule has 1 aliphatic carbocycles. The molecule has 0 bridgehead atoms. The number of hydrogen-bond acceptors (Lipinski definition) is 7. The molecule has 4 aromatic rings. The number of nitrogens with one attached hydrogen (secondary N) is 1. The van der Waals surface area contributed by atoms with Gasteiger partial charge in [0.15, 0.2) is 16.6 Å². The third-order valence-corrected chi connectivity index (χ3v) is 9.14. The van der Waals surface area contributed by atoms with Crippen LogP contribution < -0.4 is 14.8 Å². The molecule has 41 heavy (non-hydrogen) atoms. The number of aryl methyl sites for hydroxylation is 1. The Morgan fingerprint density at radius 2 is 1.56 bits per heavy atom. The molecule has 8 nitrogen and oxygen atoms in total. The van der Waals surface area contributed by atoms with Crippen LogP contribution in [-0.2, 0) is 11.2 Å². The highest BCUT2D eigenvalue weighted by Crippen LogP contribution is 2.40. The second-order valence-corrected chi connectivity index (χ2v) is 11.6. The predicted molar refractivity (Wildman–Crippen MR) is 157 cm³/mol. The molecule has 0 spiro atoms. The van der Waals surface area contributed by atoms with E-state index in [-0.39, 0.29) is 30.6 Å². The number of ether oxygens (including phenoxy) is 2. The first kappa shape index (κ1) is 25.7. The molecular weight excluding hydrogens is 536 g/mol. The highest BCUT2D eigenvalue weighted by molar-refractivity contribution is 7.16. The summed E-state index contributed by atoms with van der Waals surface area (Å²) in [5, 5.41) is 3.43. The van der Waals surface area contributed by atoms with Crippen molar-refractivity contribution < 1.29 is 19.1 Å². The van der Waals surface area contributed by atoms with Gasteiger partial charge in [-0.1, -0.05) is 60.7 Å². The van der Waals surface area contributed by atoms with Gasteiger partial charge in [0.05, 0.1) is 17.7 Å². The van der Waals surface area contributed by atoms with Gasteiger partial charge in [0.2, 0.25) is 12.7 Å². The Hall–Kier alpha value is -4.21. The summed E-state index contributed by atoms with van der Waals surface area (Å²) < 4.78 is 10.7. The molecule has 208 valence electrons. The summed E-state index contributed by atoms with van der Waals surface area (Å²) >= 11 is 1.46. The molecule has 3 heterocycles. The van der Waals surface area contributed by atoms with Gasteiger partial charge >= 0.3 is 0 Å². The van der Waals surface area contributed by atoms with Crippen molar-refractivity contribution in [1.29, 1.82) is 0 Å². The van der Waals surface area contributed by atoms with Crippen molar-refractivity contribution >= 4 is 28.3 Å². The van der Waals surface area contributed by atoms with Crippen molar-refractivity contribution in [3.63, 3.8) is 0 Å². The maximum atomic E-state index is 13.7. The summed E-state index contributed by atoms with van der Waals surface area (Å²) in [7, 11) is 0. The quantitative estimate of drug-likeness (QED) is 0.350. The van der Waals surface area contributed by atoms with E-state index in [4.69, 9.17) is 14.5 Å². The smallest absolute Gasteiger partial charge is 0.257 e. The molecule has 1 aromatic heterocycles. The summed E-state index contributed by atoms with van der Waals surface area (Å²) in [6, 6.07) is 26.4. The number of piperazine rings is 1. The maximum absolute atomic E-state index is 13.7. The lowest BCUT2D eigenvalue weighted by Crippen LogP contribution is -2.50. The number of anilines is 1. The summed E-state index contributed by atoms with van der Waals surface area (Å²) in [5.41, 5.74) is 3.81. The van der Waals surface area contributed by atoms with Crippen LogP contribution in [0, 0.1) is 0 Å². The third kappa shape index (κ3) is 5.07. The minimum atomic E-state index is -0.263. The molecule has 3 aromatic carbocycles. The highest BCUT2D eigenvalue weighted by Gasteiger charge is 2.37. The third-order valence-electron chi connectivity index (χ3n) is 8.09. The minimum absolute atomic E-state index is 0.137. The van der Waals surface area contributed by atoms with Crippen LogP contribution >= 0.6 is 11.3 Å². The topological polar surface area (TPSA) is 84.0 Å². The molecule has 0 radical (unpaired) electrons. The zero-order valence-corrected chi connectivity index (χ0v) is 23.3. The standard InChI is InChI=1S/C32H30N4O4S/c37-30(23-11-13-25-26(19-23)40-20-39-25)34-32-33-28-24(12-14-27(28)41-32)31(38)36-17-15-35(16-18-36)29(21-7-3-1-4-8-21)22-9-5-2-6-10-22/h1-11,13,19,24,29H,12,14-18,20H2,(H,33,34,37). The van der Waals surface area contributed by atoms with Crippen molar-refractivity contribution in [1.82, 2.24) is 14.8 Å². The number of carbonyl (C=O) groups excluding carboxylic acids is 2. The summed E-state index contributed by atoms with van der Waals surface area (Å²) in [6.45, 7) is 3.11. The first-order valence-corrected chi connectivity index (χ1v) is 14.8. The Labute approximate surface area is 242 Å². The van der Waals surface area contributed by atoms with E-state index in [0.717, 1.165) is 36.5 Å². The maximum Gasteiger partial charge on any atom is 0.257 e. The van der Waals surface area contributed by atoms with Crippen molar-refractivity contribution in [2.45, 2.75) is 24.8 Å². The van der Waals surface area contributed by atoms with Crippen molar-refractivity contribution in [3.05, 3.63) is 106 Å². The van der Waals surface area contributed by atoms with Crippen LogP contribution in [-0.4, -0.2) is 59.6 Å². The lowest BCUT2D eigenvalue weighted by molar-refractivity contribution is -0.134. The molecule has 1 unspecified atom stereocenters. The zero-order chi connectivity index (χ0) is 27.8. The molecule has 9 heteroatoms. The number of aromatic nitrogens is 1. The number of amides is 2. The Morgan fingerprint density at radius 3 is 2.27 bits per heavy atom. The van der Waals surface area contributed by atoms with Gasteiger partial charge in [0, 0.05) is 36.6 Å². The van der Waals surface area contributed by atoms with E-state index in [2.05, 4.69) is 58.7 Å². The van der Waals surface area contributed by atoms with Crippen molar-refractivity contribution in [3.8, 4) is 11.5 Å². The van der Waals surface area contributed by atoms with Gasteiger partial charge in [0.1, 0.15) is 0 Å². The Kier molecular flexibility index (Phi) is 6.90. The van der Waals surface area contributed by atoms with Crippen molar-refractivity contribution in [2.24, 2.45) is 0 Å². The van der Waals surface area contributed by atoms with E-state index < -0.39 is 0 Å². The summed E-state index contributed by atoms with van der Waals surface area (Å²) in [4.78, 5) is 36.8. The number of carbonyl (C=O) groups is 2. The van der Waals surface area contributed by atoms with Crippen LogP contribution in [0.25, 0.3) is 0 Å². The van der Waals surface area contributed by atoms with Gasteiger partial charge < -0.3 is 14.4 Å². The molecule has 1 saturated heterocycles. The van der Waals surface area contributed by atoms with Crippen molar-refractivity contribution in [2.75, 3.05) is 38.3 Å². The number of fused-ring (bicyclic) bond motifs is 2. The van der Waals surface area contributed by atoms with Crippen LogP contribution in [0.2, 0.25) is 0 Å². The number of nitrogens with zero attached hydrogens (tertiary/aromatic N) is 3. The monoisotopic (exact) mass is 566 g/mol. The normalized spacial score (nSPS) is 18.0. The van der Waals surface area contributed by atoms with E-state index in [1.807, 2.05) is 17.0 Å². The van der Waals surface area contributed by atoms with Crippen LogP contribution in [0.3, 0.4) is 0 Å². The summed E-state index contributed by atoms with van der Waals surface area (Å²) in [5.74, 6) is 0.805. The number of hydrogen-bond donors (Lipinski definition) is 1. The predicted octanol–water partition coefficient (Wildman–Crippen LogP) is 5.09. The minimum Gasteiger partial charge on any atom is -0.454 e. The second-order valence-electron chi connectivity index (χ2n) is 10.5. The molecule has 3 aliphatic rings. The van der Waals surface area contributed by atoms with Gasteiger partial charge in [-0.3, -0.25) is 19.8 Å². The van der Waals surface area contributed by atoms with Gasteiger partial charge in [-0.2, -0.15) is 0 Å². The highest BCUT2D eigenvalue weighted by atomic mass is 32.1. The fourth-order valence-electron chi connectivity index (χ4n) is 6.03. The van der Waals surface area contributed by atoms with Crippen LogP contribution in [0.15, 0.2) is 78.9 Å². The lowest BCUT2D eigenvalue weighted by atomic mass is 9.96. The molecule has 1 fully saturated rings. The van der Waals surface area contributed by atoms with Gasteiger partial charge in [-0.05, 0) is 42.2 Å². The molecule has 0 saturated carbocycles. The molecule has 1 atom stereocenters. The first-order chi connectivity index (χ1) is 20.1. The molecular formula is C32H30N4O4S. The molecule has 7 rings (SSSR count). The number of benzene rings is 3. The summed E-state index contributed by atoms with van der Waals surface area (Å²) in [6.07, 6.45) is 1.56. The molecule has 1 N–H and O–H groups in total. The van der Waals surface area contributed by atoms with Gasteiger partial charge in [-0.15, -0.1) is 11.3 Å². The fourth-order valence-corrected chi connectivity index (χ4v) is 7.07. The average Bonchev–Trinajstić information content (AvgIpc) is 3.74. The Bertz CT molecular complexity index is 1530. The zero-order valence-electron chi connectivity index (χ0n) is 22.5. The van der Waals surface area contributed by atoms with Crippen LogP contribution in [0.4, 0.5) is 5.13 Å². The second kappa shape index (κ2) is 11.0. The SMILES string of the molecule is O=C(Nc1nc2c(s1)CCC2C(=O)N1CCN(C(c2ccccc2)c2ccccc2)CC1)c1ccc2c(c1)OCO2. The Balaban J connectivity index is 1.01. The van der Waals surface area contributed by atoms with Gasteiger partial charge in [0.25, 0.3) is 5.91 Å². The van der Waals surface area contributed by atoms with E-state index >= 15 is 0 Å². The van der Waals surface area contributed by atoms with E-state index in [1.54, 1.807) is 18.2 Å². The number of thiazole rings is 1. The lowest BCUT2D eigenvalue weighted by Gasteiger charge is -2.40. The van der Waals surface area contributed by atoms with E-state index in [0.29, 0.717) is 35.3 Å². The van der Waals surface area contributed by atoms with E-state index in [9.17, 15) is 9.59 Å². The number of rotatable bonds is 6. The Morgan fingerprint density at radius 1 is 0.878 bits per heavy atom. The largest absolute Gasteiger partial charge is 0.454 e. The van der Waals surface area contributed by atoms with E-state index in [1.165, 1.54) is 22.5 Å². The molecule has 2 amide bonds. The van der Waals surface area contributed by atoms with Gasteiger partial charge in [-0.25, -0.2) is 4.98 Å². The first-order valence-electron chi connectivity index (χ1n) is 14.0. The fraction of sp³-hybridized carbons (Fsp3) is 0.281. The van der Waals surface area contributed by atoms with Crippen LogP contribution in [0.5, 0.6) is 11.5 Å². The van der Waals surface area contributed by atoms with Crippen LogP contribution in [0.1, 0.15) is 50.4 Å². The molecule has 2 aliphatic heterocycles.